The van der Waals surface area contributed by atoms with Crippen molar-refractivity contribution in [1.82, 2.24) is 0 Å². The van der Waals surface area contributed by atoms with Crippen molar-refractivity contribution in [3.63, 3.8) is 0 Å². The first kappa shape index (κ1) is 15.6. The topological polar surface area (TPSA) is 26.3 Å². The van der Waals surface area contributed by atoms with Gasteiger partial charge in [-0.05, 0) is 35.9 Å². The molecule has 0 fully saturated rings. The smallest absolute Gasteiger partial charge is 0.141 e. The van der Waals surface area contributed by atoms with Crippen molar-refractivity contribution in [2.75, 3.05) is 7.11 Å². The fourth-order valence-electron chi connectivity index (χ4n) is 2.10. The minimum absolute atomic E-state index is 0.0235. The molecular weight excluding hydrogens is 342 g/mol. The molecule has 0 heterocycles. The third-order valence-corrected chi connectivity index (χ3v) is 3.45. The van der Waals surface area contributed by atoms with Crippen molar-refractivity contribution in [1.29, 1.82) is 0 Å². The molecule has 0 aliphatic carbocycles. The lowest BCUT2D eigenvalue weighted by molar-refractivity contribution is -0.117. The maximum absolute atomic E-state index is 13.1. The Labute approximate surface area is 129 Å². The largest absolute Gasteiger partial charge is 0.496 e. The number of benzene rings is 2. The summed E-state index contributed by atoms with van der Waals surface area (Å²) in [6.45, 7) is 0. The minimum Gasteiger partial charge on any atom is -0.496 e. The van der Waals surface area contributed by atoms with E-state index in [0.29, 0.717) is 11.3 Å². The molecule has 0 saturated heterocycles. The number of Topliss-reactive ketones (excluding diaryl/α,β-unsaturated/α-hetero) is 1. The molecule has 0 spiro atoms. The number of ether oxygens (including phenoxy) is 1. The first-order chi connectivity index (χ1) is 9.97. The molecule has 0 amide bonds. The molecule has 0 N–H and O–H groups in total. The van der Waals surface area contributed by atoms with Crippen LogP contribution in [0.15, 0.2) is 40.9 Å². The van der Waals surface area contributed by atoms with Crippen LogP contribution in [0, 0.1) is 11.6 Å². The zero-order valence-electron chi connectivity index (χ0n) is 11.3. The second-order valence-electron chi connectivity index (χ2n) is 4.63. The minimum atomic E-state index is -0.683. The predicted octanol–water partition coefficient (Wildman–Crippen LogP) is 4.09. The molecule has 0 aromatic heterocycles. The van der Waals surface area contributed by atoms with E-state index >= 15 is 0 Å². The van der Waals surface area contributed by atoms with Crippen LogP contribution in [0.2, 0.25) is 0 Å². The standard InChI is InChI=1S/C16H13BrF2O2/c1-21-16-3-2-12(17)7-11(16)8-15(20)6-10-4-13(18)9-14(19)5-10/h2-5,7,9H,6,8H2,1H3. The van der Waals surface area contributed by atoms with E-state index in [4.69, 9.17) is 4.74 Å². The summed E-state index contributed by atoms with van der Waals surface area (Å²) < 4.78 is 32.2. The highest BCUT2D eigenvalue weighted by Crippen LogP contribution is 2.24. The highest BCUT2D eigenvalue weighted by molar-refractivity contribution is 9.10. The fourth-order valence-corrected chi connectivity index (χ4v) is 2.51. The van der Waals surface area contributed by atoms with E-state index in [9.17, 15) is 13.6 Å². The molecule has 0 aliphatic rings. The summed E-state index contributed by atoms with van der Waals surface area (Å²) >= 11 is 3.34. The third-order valence-electron chi connectivity index (χ3n) is 2.95. The Morgan fingerprint density at radius 3 is 2.38 bits per heavy atom. The van der Waals surface area contributed by atoms with Gasteiger partial charge in [-0.25, -0.2) is 8.78 Å². The average molecular weight is 355 g/mol. The number of carbonyl (C=O) groups excluding carboxylic acids is 1. The number of hydrogen-bond acceptors (Lipinski definition) is 2. The van der Waals surface area contributed by atoms with Crippen molar-refractivity contribution in [3.8, 4) is 5.75 Å². The normalized spacial score (nSPS) is 10.5. The summed E-state index contributed by atoms with van der Waals surface area (Å²) in [5.41, 5.74) is 1.06. The predicted molar refractivity (Wildman–Crippen MR) is 79.5 cm³/mol. The third kappa shape index (κ3) is 4.36. The summed E-state index contributed by atoms with van der Waals surface area (Å²) in [4.78, 5) is 12.1. The maximum Gasteiger partial charge on any atom is 0.141 e. The summed E-state index contributed by atoms with van der Waals surface area (Å²) in [6, 6.07) is 8.48. The van der Waals surface area contributed by atoms with Crippen LogP contribution in [0.4, 0.5) is 8.78 Å². The Morgan fingerprint density at radius 2 is 1.76 bits per heavy atom. The Kier molecular flexibility index (Phi) is 5.07. The van der Waals surface area contributed by atoms with Crippen LogP contribution >= 0.6 is 15.9 Å². The second-order valence-corrected chi connectivity index (χ2v) is 5.54. The number of rotatable bonds is 5. The van der Waals surface area contributed by atoms with Gasteiger partial charge < -0.3 is 4.74 Å². The van der Waals surface area contributed by atoms with Crippen LogP contribution in [-0.2, 0) is 17.6 Å². The van der Waals surface area contributed by atoms with E-state index < -0.39 is 11.6 Å². The number of methoxy groups -OCH3 is 1. The number of ketones is 1. The molecule has 0 aliphatic heterocycles. The van der Waals surface area contributed by atoms with Crippen LogP contribution in [0.25, 0.3) is 0 Å². The molecule has 2 nitrogen and oxygen atoms in total. The lowest BCUT2D eigenvalue weighted by Gasteiger charge is -2.08. The molecule has 0 atom stereocenters. The van der Waals surface area contributed by atoms with E-state index in [-0.39, 0.29) is 18.6 Å². The fraction of sp³-hybridized carbons (Fsp3) is 0.188. The number of carbonyl (C=O) groups is 1. The van der Waals surface area contributed by atoms with Gasteiger partial charge in [0, 0.05) is 28.9 Å². The summed E-state index contributed by atoms with van der Waals surface area (Å²) in [5, 5.41) is 0. The van der Waals surface area contributed by atoms with E-state index in [1.807, 2.05) is 6.07 Å². The molecule has 0 bridgehead atoms. The van der Waals surface area contributed by atoms with Crippen LogP contribution in [0.5, 0.6) is 5.75 Å². The Hall–Kier alpha value is -1.75. The molecule has 5 heteroatoms. The second kappa shape index (κ2) is 6.80. The molecule has 2 rings (SSSR count). The zero-order valence-corrected chi connectivity index (χ0v) is 12.9. The maximum atomic E-state index is 13.1. The molecule has 0 unspecified atom stereocenters. The molecule has 2 aromatic rings. The van der Waals surface area contributed by atoms with Crippen molar-refractivity contribution in [2.24, 2.45) is 0 Å². The van der Waals surface area contributed by atoms with Crippen LogP contribution in [0.3, 0.4) is 0 Å². The summed E-state index contributed by atoms with van der Waals surface area (Å²) in [5.74, 6) is -0.899. The van der Waals surface area contributed by atoms with Crippen molar-refractivity contribution in [3.05, 3.63) is 63.6 Å². The Balaban J connectivity index is 2.13. The van der Waals surface area contributed by atoms with Crippen LogP contribution < -0.4 is 4.74 Å². The SMILES string of the molecule is COc1ccc(Br)cc1CC(=O)Cc1cc(F)cc(F)c1. The van der Waals surface area contributed by atoms with Gasteiger partial charge >= 0.3 is 0 Å². The first-order valence-corrected chi connectivity index (χ1v) is 7.06. The van der Waals surface area contributed by atoms with Crippen molar-refractivity contribution in [2.45, 2.75) is 12.8 Å². The average Bonchev–Trinajstić information content (AvgIpc) is 2.37. The number of hydrogen-bond donors (Lipinski definition) is 0. The molecule has 2 aromatic carbocycles. The van der Waals surface area contributed by atoms with Gasteiger partial charge in [0.2, 0.25) is 0 Å². The van der Waals surface area contributed by atoms with Gasteiger partial charge in [0.05, 0.1) is 7.11 Å². The molecule has 21 heavy (non-hydrogen) atoms. The van der Waals surface area contributed by atoms with E-state index in [1.165, 1.54) is 19.2 Å². The van der Waals surface area contributed by atoms with Gasteiger partial charge in [-0.15, -0.1) is 0 Å². The first-order valence-electron chi connectivity index (χ1n) is 6.27. The van der Waals surface area contributed by atoms with Crippen LogP contribution in [0.1, 0.15) is 11.1 Å². The molecule has 0 radical (unpaired) electrons. The van der Waals surface area contributed by atoms with Gasteiger partial charge in [-0.3, -0.25) is 4.79 Å². The highest BCUT2D eigenvalue weighted by atomic mass is 79.9. The van der Waals surface area contributed by atoms with E-state index in [2.05, 4.69) is 15.9 Å². The summed E-state index contributed by atoms with van der Waals surface area (Å²) in [6.07, 6.45) is 0.116. The van der Waals surface area contributed by atoms with Gasteiger partial charge in [0.25, 0.3) is 0 Å². The summed E-state index contributed by atoms with van der Waals surface area (Å²) in [7, 11) is 1.53. The van der Waals surface area contributed by atoms with Gasteiger partial charge in [0.1, 0.15) is 23.2 Å². The van der Waals surface area contributed by atoms with Crippen molar-refractivity contribution >= 4 is 21.7 Å². The zero-order chi connectivity index (χ0) is 15.4. The molecular formula is C16H13BrF2O2. The van der Waals surface area contributed by atoms with Gasteiger partial charge in [-0.2, -0.15) is 0 Å². The van der Waals surface area contributed by atoms with E-state index in [1.54, 1.807) is 12.1 Å². The van der Waals surface area contributed by atoms with Gasteiger partial charge in [-0.1, -0.05) is 15.9 Å². The quantitative estimate of drug-likeness (QED) is 0.808. The highest BCUT2D eigenvalue weighted by Gasteiger charge is 2.11. The molecule has 0 saturated carbocycles. The van der Waals surface area contributed by atoms with E-state index in [0.717, 1.165) is 16.1 Å². The lowest BCUT2D eigenvalue weighted by atomic mass is 10.0. The van der Waals surface area contributed by atoms with Crippen LogP contribution in [-0.4, -0.2) is 12.9 Å². The molecule has 110 valence electrons. The monoisotopic (exact) mass is 354 g/mol. The van der Waals surface area contributed by atoms with Crippen molar-refractivity contribution < 1.29 is 18.3 Å². The lowest BCUT2D eigenvalue weighted by Crippen LogP contribution is -2.08. The Morgan fingerprint density at radius 1 is 1.10 bits per heavy atom. The number of halogens is 3. The Bertz CT molecular complexity index is 651. The van der Waals surface area contributed by atoms with Gasteiger partial charge in [0.15, 0.2) is 0 Å².